The van der Waals surface area contributed by atoms with Crippen molar-refractivity contribution in [2.45, 2.75) is 0 Å². The van der Waals surface area contributed by atoms with Crippen molar-refractivity contribution < 1.29 is 9.53 Å². The zero-order chi connectivity index (χ0) is 16.6. The van der Waals surface area contributed by atoms with E-state index in [-0.39, 0.29) is 47.6 Å². The average molecular weight is 400 g/mol. The van der Waals surface area contributed by atoms with Crippen molar-refractivity contribution in [3.63, 3.8) is 0 Å². The van der Waals surface area contributed by atoms with Gasteiger partial charge in [-0.25, -0.2) is 9.78 Å². The Kier molecular flexibility index (Phi) is 5.30. The maximum Gasteiger partial charge on any atom is 0.338 e. The van der Waals surface area contributed by atoms with Crippen LogP contribution in [0.5, 0.6) is 0 Å². The van der Waals surface area contributed by atoms with E-state index in [0.717, 1.165) is 0 Å². The largest absolute Gasteiger partial charge is 0.465 e. The summed E-state index contributed by atoms with van der Waals surface area (Å²) in [5, 5.41) is -0.000364. The van der Waals surface area contributed by atoms with E-state index in [4.69, 9.17) is 68.5 Å². The van der Waals surface area contributed by atoms with Crippen LogP contribution in [0.2, 0.25) is 25.1 Å². The molecule has 0 aliphatic carbocycles. The van der Waals surface area contributed by atoms with E-state index in [2.05, 4.69) is 4.98 Å². The van der Waals surface area contributed by atoms with Crippen LogP contribution in [-0.4, -0.2) is 18.1 Å². The molecule has 0 aliphatic heterocycles. The molecule has 2 rings (SSSR count). The van der Waals surface area contributed by atoms with Crippen molar-refractivity contribution in [3.8, 4) is 11.1 Å². The average Bonchev–Trinajstić information content (AvgIpc) is 2.51. The number of nitrogens with two attached hydrogens (primary N) is 1. The van der Waals surface area contributed by atoms with Gasteiger partial charge >= 0.3 is 5.97 Å². The van der Waals surface area contributed by atoms with Crippen LogP contribution in [0, 0.1) is 0 Å². The fraction of sp³-hybridized carbons (Fsp3) is 0.0769. The van der Waals surface area contributed by atoms with Crippen LogP contribution in [-0.2, 0) is 4.74 Å². The van der Waals surface area contributed by atoms with Crippen molar-refractivity contribution >= 4 is 69.8 Å². The van der Waals surface area contributed by atoms with E-state index in [1.807, 2.05) is 0 Å². The van der Waals surface area contributed by atoms with Gasteiger partial charge < -0.3 is 10.5 Å². The van der Waals surface area contributed by atoms with Gasteiger partial charge in [-0.2, -0.15) is 0 Å². The molecule has 0 fully saturated rings. The maximum absolute atomic E-state index is 11.9. The lowest BCUT2D eigenvalue weighted by Gasteiger charge is -2.16. The van der Waals surface area contributed by atoms with E-state index < -0.39 is 5.97 Å². The molecule has 1 aromatic heterocycles. The third kappa shape index (κ3) is 2.82. The third-order valence-corrected chi connectivity index (χ3v) is 5.12. The first-order chi connectivity index (χ1) is 10.3. The molecule has 0 aliphatic rings. The minimum atomic E-state index is -0.640. The van der Waals surface area contributed by atoms with Crippen LogP contribution >= 0.6 is 58.0 Å². The molecule has 9 heteroatoms. The van der Waals surface area contributed by atoms with Gasteiger partial charge in [0.25, 0.3) is 0 Å². The van der Waals surface area contributed by atoms with Crippen molar-refractivity contribution in [1.29, 1.82) is 0 Å². The summed E-state index contributed by atoms with van der Waals surface area (Å²) in [4.78, 5) is 15.9. The Labute approximate surface area is 151 Å². The summed E-state index contributed by atoms with van der Waals surface area (Å²) >= 11 is 30.4. The van der Waals surface area contributed by atoms with Crippen LogP contribution in [0.3, 0.4) is 0 Å². The van der Waals surface area contributed by atoms with Crippen LogP contribution in [0.15, 0.2) is 12.3 Å². The zero-order valence-corrected chi connectivity index (χ0v) is 14.7. The molecule has 0 spiro atoms. The lowest BCUT2D eigenvalue weighted by molar-refractivity contribution is 0.0601. The van der Waals surface area contributed by atoms with E-state index in [9.17, 15) is 4.79 Å². The summed E-state index contributed by atoms with van der Waals surface area (Å²) in [7, 11) is 1.23. The quantitative estimate of drug-likeness (QED) is 0.417. The Morgan fingerprint density at radius 1 is 1.00 bits per heavy atom. The predicted molar refractivity (Wildman–Crippen MR) is 90.5 cm³/mol. The number of carbonyl (C=O) groups is 1. The Morgan fingerprint density at radius 2 is 1.50 bits per heavy atom. The highest BCUT2D eigenvalue weighted by Crippen LogP contribution is 2.49. The second kappa shape index (κ2) is 6.69. The number of methoxy groups -OCH3 is 1. The molecule has 116 valence electrons. The number of esters is 1. The molecule has 0 amide bonds. The Morgan fingerprint density at radius 3 is 2.00 bits per heavy atom. The number of ether oxygens (including phenoxy) is 1. The molecule has 22 heavy (non-hydrogen) atoms. The lowest BCUT2D eigenvalue weighted by atomic mass is 10.0. The molecule has 4 nitrogen and oxygen atoms in total. The summed E-state index contributed by atoms with van der Waals surface area (Å²) in [6, 6.07) is 1.42. The number of pyridine rings is 1. The first-order valence-corrected chi connectivity index (χ1v) is 7.54. The van der Waals surface area contributed by atoms with Gasteiger partial charge in [0.05, 0.1) is 37.8 Å². The maximum atomic E-state index is 11.9. The number of rotatable bonds is 2. The molecule has 0 radical (unpaired) electrons. The number of nitrogens with zero attached hydrogens (tertiary/aromatic N) is 1. The minimum absolute atomic E-state index is 0.00385. The van der Waals surface area contributed by atoms with Crippen molar-refractivity contribution in [2.24, 2.45) is 0 Å². The monoisotopic (exact) mass is 398 g/mol. The number of nitrogen functional groups attached to an aromatic ring is 1. The molecule has 0 atom stereocenters. The first kappa shape index (κ1) is 17.4. The topological polar surface area (TPSA) is 65.2 Å². The highest BCUT2D eigenvalue weighted by atomic mass is 35.5. The van der Waals surface area contributed by atoms with E-state index in [0.29, 0.717) is 0 Å². The fourth-order valence-electron chi connectivity index (χ4n) is 1.85. The van der Waals surface area contributed by atoms with Crippen LogP contribution in [0.25, 0.3) is 11.1 Å². The van der Waals surface area contributed by atoms with Gasteiger partial charge in [0.1, 0.15) is 5.82 Å². The summed E-state index contributed by atoms with van der Waals surface area (Å²) < 4.78 is 4.72. The summed E-state index contributed by atoms with van der Waals surface area (Å²) in [5.74, 6) is -0.625. The number of aromatic nitrogens is 1. The van der Waals surface area contributed by atoms with Gasteiger partial charge in [0, 0.05) is 17.3 Å². The number of benzene rings is 1. The van der Waals surface area contributed by atoms with Gasteiger partial charge in [-0.1, -0.05) is 58.0 Å². The third-order valence-electron chi connectivity index (χ3n) is 2.85. The van der Waals surface area contributed by atoms with E-state index in [1.54, 1.807) is 0 Å². The molecule has 2 aromatic rings. The number of hydrogen-bond acceptors (Lipinski definition) is 4. The van der Waals surface area contributed by atoms with Crippen molar-refractivity contribution in [2.75, 3.05) is 12.8 Å². The van der Waals surface area contributed by atoms with Gasteiger partial charge in [-0.05, 0) is 6.07 Å². The van der Waals surface area contributed by atoms with Crippen LogP contribution in [0.4, 0.5) is 5.82 Å². The SMILES string of the molecule is COC(=O)c1ccnc(N)c1-c1c(Cl)c(Cl)c(Cl)c(Cl)c1Cl. The second-order valence-corrected chi connectivity index (χ2v) is 5.95. The normalized spacial score (nSPS) is 10.6. The van der Waals surface area contributed by atoms with E-state index >= 15 is 0 Å². The Bertz CT molecular complexity index is 751. The summed E-state index contributed by atoms with van der Waals surface area (Å²) in [5.41, 5.74) is 6.32. The van der Waals surface area contributed by atoms with Gasteiger partial charge in [0.2, 0.25) is 0 Å². The van der Waals surface area contributed by atoms with Crippen molar-refractivity contribution in [1.82, 2.24) is 4.98 Å². The summed E-state index contributed by atoms with van der Waals surface area (Å²) in [6.45, 7) is 0. The minimum Gasteiger partial charge on any atom is -0.465 e. The Balaban J connectivity index is 2.93. The molecule has 0 bridgehead atoms. The second-order valence-electron chi connectivity index (χ2n) is 4.06. The van der Waals surface area contributed by atoms with Crippen LogP contribution < -0.4 is 5.73 Å². The molecular weight excluding hydrogens is 393 g/mol. The van der Waals surface area contributed by atoms with Gasteiger partial charge in [0.15, 0.2) is 0 Å². The number of hydrogen-bond donors (Lipinski definition) is 1. The molecule has 2 N–H and O–H groups in total. The number of carbonyl (C=O) groups excluding carboxylic acids is 1. The number of anilines is 1. The van der Waals surface area contributed by atoms with Crippen LogP contribution in [0.1, 0.15) is 10.4 Å². The van der Waals surface area contributed by atoms with Gasteiger partial charge in [-0.3, -0.25) is 0 Å². The first-order valence-electron chi connectivity index (χ1n) is 5.65. The van der Waals surface area contributed by atoms with E-state index in [1.165, 1.54) is 19.4 Å². The number of halogens is 5. The van der Waals surface area contributed by atoms with Gasteiger partial charge in [-0.15, -0.1) is 0 Å². The zero-order valence-electron chi connectivity index (χ0n) is 10.9. The highest BCUT2D eigenvalue weighted by molar-refractivity contribution is 6.56. The predicted octanol–water partition coefficient (Wildman–Crippen LogP) is 5.38. The Hall–Kier alpha value is -0.910. The summed E-state index contributed by atoms with van der Waals surface area (Å²) in [6.07, 6.45) is 1.35. The molecule has 1 heterocycles. The molecule has 0 saturated carbocycles. The smallest absolute Gasteiger partial charge is 0.338 e. The van der Waals surface area contributed by atoms with Crippen molar-refractivity contribution in [3.05, 3.63) is 42.9 Å². The standard InChI is InChI=1S/C13H7Cl5N2O2/c1-22-13(21)4-2-3-20-12(19)5(4)6-7(14)9(16)11(18)10(17)8(6)15/h2-3H,1H3,(H2,19,20). The molecule has 0 unspecified atom stereocenters. The molecular formula is C13H7Cl5N2O2. The molecule has 1 aromatic carbocycles. The highest BCUT2D eigenvalue weighted by Gasteiger charge is 2.26. The molecule has 0 saturated heterocycles. The lowest BCUT2D eigenvalue weighted by Crippen LogP contribution is -2.07. The fourth-order valence-corrected chi connectivity index (χ4v) is 3.17.